The fourth-order valence-corrected chi connectivity index (χ4v) is 3.64. The lowest BCUT2D eigenvalue weighted by atomic mass is 10.1. The van der Waals surface area contributed by atoms with Crippen molar-refractivity contribution in [1.82, 2.24) is 25.3 Å². The van der Waals surface area contributed by atoms with Gasteiger partial charge >= 0.3 is 0 Å². The highest BCUT2D eigenvalue weighted by molar-refractivity contribution is 5.83. The van der Waals surface area contributed by atoms with Crippen molar-refractivity contribution in [1.29, 1.82) is 0 Å². The fraction of sp³-hybridized carbons (Fsp3) is 0.261. The molecule has 4 aromatic rings. The smallest absolute Gasteiger partial charge is 0.145 e. The van der Waals surface area contributed by atoms with Gasteiger partial charge in [-0.05, 0) is 45.1 Å². The van der Waals surface area contributed by atoms with E-state index in [-0.39, 0.29) is 6.10 Å². The molecule has 0 saturated carbocycles. The molecule has 2 aromatic heterocycles. The van der Waals surface area contributed by atoms with Crippen LogP contribution in [-0.2, 0) is 0 Å². The summed E-state index contributed by atoms with van der Waals surface area (Å²) < 4.78 is 8.46. The van der Waals surface area contributed by atoms with Crippen molar-refractivity contribution in [2.24, 2.45) is 0 Å². The molecule has 1 N–H and O–H groups in total. The Labute approximate surface area is 170 Å². The van der Waals surface area contributed by atoms with Crippen molar-refractivity contribution in [2.45, 2.75) is 26.4 Å². The quantitative estimate of drug-likeness (QED) is 0.516. The summed E-state index contributed by atoms with van der Waals surface area (Å²) in [4.78, 5) is 0. The van der Waals surface area contributed by atoms with Gasteiger partial charge in [0.05, 0.1) is 17.6 Å². The van der Waals surface area contributed by atoms with Gasteiger partial charge in [0.1, 0.15) is 23.1 Å². The van der Waals surface area contributed by atoms with Crippen LogP contribution in [0.4, 0.5) is 0 Å². The number of aromatic nitrogens is 4. The number of nitrogens with zero attached hydrogens (tertiary/aromatic N) is 4. The minimum Gasteiger partial charge on any atom is -0.483 e. The van der Waals surface area contributed by atoms with E-state index in [1.165, 1.54) is 0 Å². The van der Waals surface area contributed by atoms with Crippen molar-refractivity contribution in [3.63, 3.8) is 0 Å². The van der Waals surface area contributed by atoms with E-state index >= 15 is 0 Å². The summed E-state index contributed by atoms with van der Waals surface area (Å²) in [6.07, 6.45) is 2.51. The van der Waals surface area contributed by atoms with Gasteiger partial charge in [-0.3, -0.25) is 0 Å². The van der Waals surface area contributed by atoms with Crippen LogP contribution in [0.15, 0.2) is 60.8 Å². The van der Waals surface area contributed by atoms with E-state index in [1.54, 1.807) is 6.20 Å². The van der Waals surface area contributed by atoms with Crippen molar-refractivity contribution >= 4 is 10.9 Å². The monoisotopic (exact) mass is 387 g/mol. The molecule has 6 heteroatoms. The fourth-order valence-electron chi connectivity index (χ4n) is 3.64. The zero-order chi connectivity index (χ0) is 20.2. The second-order valence-electron chi connectivity index (χ2n) is 7.06. The van der Waals surface area contributed by atoms with Crippen molar-refractivity contribution < 1.29 is 4.74 Å². The maximum atomic E-state index is 6.54. The number of benzene rings is 2. The molecule has 2 aromatic carbocycles. The number of ether oxygens (including phenoxy) is 1. The molecule has 0 fully saturated rings. The normalized spacial score (nSPS) is 12.2. The minimum absolute atomic E-state index is 0.0554. The van der Waals surface area contributed by atoms with E-state index < -0.39 is 0 Å². The topological polar surface area (TPSA) is 64.9 Å². The van der Waals surface area contributed by atoms with Crippen LogP contribution in [0.25, 0.3) is 16.6 Å². The van der Waals surface area contributed by atoms with E-state index in [9.17, 15) is 0 Å². The summed E-state index contributed by atoms with van der Waals surface area (Å²) in [6, 6.07) is 18.4. The van der Waals surface area contributed by atoms with E-state index in [4.69, 9.17) is 9.84 Å². The van der Waals surface area contributed by atoms with Gasteiger partial charge in [0, 0.05) is 11.8 Å². The van der Waals surface area contributed by atoms with Crippen LogP contribution in [0, 0.1) is 13.8 Å². The summed E-state index contributed by atoms with van der Waals surface area (Å²) in [5, 5.41) is 17.2. The predicted molar refractivity (Wildman–Crippen MR) is 114 cm³/mol. The van der Waals surface area contributed by atoms with Gasteiger partial charge in [0.15, 0.2) is 0 Å². The average molecular weight is 387 g/mol. The van der Waals surface area contributed by atoms with Crippen LogP contribution >= 0.6 is 0 Å². The number of fused-ring (bicyclic) bond motifs is 1. The Kier molecular flexibility index (Phi) is 5.53. The van der Waals surface area contributed by atoms with Crippen LogP contribution in [0.1, 0.15) is 29.5 Å². The predicted octanol–water partition coefficient (Wildman–Crippen LogP) is 4.16. The Hall–Kier alpha value is -3.25. The molecule has 0 bridgehead atoms. The summed E-state index contributed by atoms with van der Waals surface area (Å²) in [6.45, 7) is 4.87. The molecular weight excluding hydrogens is 362 g/mol. The largest absolute Gasteiger partial charge is 0.483 e. The summed E-state index contributed by atoms with van der Waals surface area (Å²) in [5.41, 5.74) is 4.80. The standard InChI is InChI=1S/C23H25N5O/c1-16-23-17(2)28(27-19(23)15-25-26-16)20-11-7-8-12-22(20)29-21(13-14-24-3)18-9-5-4-6-10-18/h4-12,15,21,24H,13-14H2,1-3H3. The molecule has 0 saturated heterocycles. The van der Waals surface area contributed by atoms with E-state index in [2.05, 4.69) is 34.6 Å². The molecule has 0 spiro atoms. The first-order chi connectivity index (χ1) is 14.2. The van der Waals surface area contributed by atoms with E-state index in [0.29, 0.717) is 0 Å². The molecule has 0 aliphatic carbocycles. The average Bonchev–Trinajstić information content (AvgIpc) is 3.09. The Balaban J connectivity index is 1.75. The van der Waals surface area contributed by atoms with Gasteiger partial charge in [-0.2, -0.15) is 15.3 Å². The number of para-hydroxylation sites is 2. The Morgan fingerprint density at radius 2 is 1.79 bits per heavy atom. The first-order valence-corrected chi connectivity index (χ1v) is 9.82. The highest BCUT2D eigenvalue weighted by Crippen LogP contribution is 2.32. The van der Waals surface area contributed by atoms with Crippen LogP contribution in [-0.4, -0.2) is 33.6 Å². The zero-order valence-corrected chi connectivity index (χ0v) is 17.0. The number of hydrogen-bond donors (Lipinski definition) is 1. The van der Waals surface area contributed by atoms with Crippen molar-refractivity contribution in [3.8, 4) is 11.4 Å². The molecule has 29 heavy (non-hydrogen) atoms. The van der Waals surface area contributed by atoms with Crippen molar-refractivity contribution in [2.75, 3.05) is 13.6 Å². The molecule has 148 valence electrons. The van der Waals surface area contributed by atoms with Gasteiger partial charge in [-0.15, -0.1) is 0 Å². The van der Waals surface area contributed by atoms with E-state index in [0.717, 1.165) is 52.3 Å². The Bertz CT molecular complexity index is 1110. The highest BCUT2D eigenvalue weighted by atomic mass is 16.5. The summed E-state index contributed by atoms with van der Waals surface area (Å²) in [5.74, 6) is 0.798. The van der Waals surface area contributed by atoms with Gasteiger partial charge < -0.3 is 10.1 Å². The Morgan fingerprint density at radius 3 is 2.55 bits per heavy atom. The number of rotatable bonds is 7. The van der Waals surface area contributed by atoms with Gasteiger partial charge in [0.25, 0.3) is 0 Å². The molecule has 4 rings (SSSR count). The lowest BCUT2D eigenvalue weighted by Crippen LogP contribution is -2.17. The van der Waals surface area contributed by atoms with E-state index in [1.807, 2.05) is 61.1 Å². The number of aryl methyl sites for hydroxylation is 2. The highest BCUT2D eigenvalue weighted by Gasteiger charge is 2.18. The summed E-state index contributed by atoms with van der Waals surface area (Å²) >= 11 is 0. The molecule has 0 aliphatic heterocycles. The maximum absolute atomic E-state index is 6.54. The van der Waals surface area contributed by atoms with Crippen LogP contribution < -0.4 is 10.1 Å². The second-order valence-corrected chi connectivity index (χ2v) is 7.06. The van der Waals surface area contributed by atoms with Crippen LogP contribution in [0.2, 0.25) is 0 Å². The lowest BCUT2D eigenvalue weighted by molar-refractivity contribution is 0.194. The molecule has 0 amide bonds. The van der Waals surface area contributed by atoms with Gasteiger partial charge in [-0.1, -0.05) is 42.5 Å². The first-order valence-electron chi connectivity index (χ1n) is 9.82. The molecule has 0 radical (unpaired) electrons. The molecule has 2 heterocycles. The minimum atomic E-state index is -0.0554. The molecule has 0 aliphatic rings. The maximum Gasteiger partial charge on any atom is 0.145 e. The molecular formula is C23H25N5O. The van der Waals surface area contributed by atoms with Crippen molar-refractivity contribution in [3.05, 3.63) is 77.7 Å². The number of hydrogen-bond acceptors (Lipinski definition) is 5. The molecule has 6 nitrogen and oxygen atoms in total. The van der Waals surface area contributed by atoms with Crippen LogP contribution in [0.5, 0.6) is 5.75 Å². The second kappa shape index (κ2) is 8.41. The molecule has 1 unspecified atom stereocenters. The Morgan fingerprint density at radius 1 is 1.03 bits per heavy atom. The third kappa shape index (κ3) is 3.84. The third-order valence-electron chi connectivity index (χ3n) is 5.08. The van der Waals surface area contributed by atoms with Crippen LogP contribution in [0.3, 0.4) is 0 Å². The first kappa shape index (κ1) is 19.1. The lowest BCUT2D eigenvalue weighted by Gasteiger charge is -2.21. The van der Waals surface area contributed by atoms with Gasteiger partial charge in [0.2, 0.25) is 0 Å². The third-order valence-corrected chi connectivity index (χ3v) is 5.08. The summed E-state index contributed by atoms with van der Waals surface area (Å²) in [7, 11) is 1.96. The molecule has 1 atom stereocenters. The SMILES string of the molecule is CNCCC(Oc1ccccc1-n1nc2cnnc(C)c2c1C)c1ccccc1. The van der Waals surface area contributed by atoms with Gasteiger partial charge in [-0.25, -0.2) is 4.68 Å². The zero-order valence-electron chi connectivity index (χ0n) is 17.0. The number of nitrogens with one attached hydrogen (secondary N) is 1.